The molecule has 88 valence electrons. The van der Waals surface area contributed by atoms with Gasteiger partial charge in [-0.05, 0) is 19.1 Å². The molecule has 0 atom stereocenters. The van der Waals surface area contributed by atoms with Gasteiger partial charge in [-0.25, -0.2) is 0 Å². The van der Waals surface area contributed by atoms with E-state index in [2.05, 4.69) is 14.8 Å². The predicted octanol–water partition coefficient (Wildman–Crippen LogP) is 1.65. The first-order chi connectivity index (χ1) is 7.72. The second-order valence-corrected chi connectivity index (χ2v) is 5.42. The Balaban J connectivity index is 2.13. The molecule has 0 saturated heterocycles. The molecule has 16 heavy (non-hydrogen) atoms. The third kappa shape index (κ3) is 2.70. The Morgan fingerprint density at radius 3 is 2.88 bits per heavy atom. The zero-order valence-electron chi connectivity index (χ0n) is 8.92. The summed E-state index contributed by atoms with van der Waals surface area (Å²) >= 11 is 2.95. The Labute approximate surface area is 102 Å². The van der Waals surface area contributed by atoms with Crippen molar-refractivity contribution in [3.8, 4) is 0 Å². The molecule has 0 amide bonds. The van der Waals surface area contributed by atoms with E-state index >= 15 is 0 Å². The second kappa shape index (κ2) is 5.09. The van der Waals surface area contributed by atoms with Crippen molar-refractivity contribution in [1.82, 2.24) is 14.8 Å². The van der Waals surface area contributed by atoms with Crippen LogP contribution >= 0.6 is 23.5 Å². The minimum atomic E-state index is -0.818. The van der Waals surface area contributed by atoms with E-state index in [-0.39, 0.29) is 5.75 Å². The van der Waals surface area contributed by atoms with Gasteiger partial charge in [0.2, 0.25) is 0 Å². The number of aromatic nitrogens is 3. The van der Waals surface area contributed by atoms with E-state index in [0.717, 1.165) is 29.6 Å². The summed E-state index contributed by atoms with van der Waals surface area (Å²) in [5.74, 6) is 1.02. The normalized spacial score (nSPS) is 15.3. The van der Waals surface area contributed by atoms with Crippen LogP contribution in [0.5, 0.6) is 0 Å². The standard InChI is InChI=1S/C9H13N3O2S2/c1-15-4-7-10-11-9(16-5-8(13)14)12(7)6-2-3-6/h6H,2-5H2,1H3,(H,13,14). The number of carboxylic acid groups (broad SMARTS) is 1. The lowest BCUT2D eigenvalue weighted by Gasteiger charge is -2.06. The van der Waals surface area contributed by atoms with Crippen molar-refractivity contribution in [3.63, 3.8) is 0 Å². The summed E-state index contributed by atoms with van der Waals surface area (Å²) in [5.41, 5.74) is 0. The molecular formula is C9H13N3O2S2. The molecule has 2 rings (SSSR count). The Morgan fingerprint density at radius 2 is 2.31 bits per heavy atom. The van der Waals surface area contributed by atoms with Gasteiger partial charge in [-0.3, -0.25) is 4.79 Å². The van der Waals surface area contributed by atoms with E-state index in [1.165, 1.54) is 11.8 Å². The summed E-state index contributed by atoms with van der Waals surface area (Å²) < 4.78 is 2.10. The van der Waals surface area contributed by atoms with Gasteiger partial charge in [-0.2, -0.15) is 11.8 Å². The van der Waals surface area contributed by atoms with Crippen LogP contribution in [-0.4, -0.2) is 37.8 Å². The van der Waals surface area contributed by atoms with E-state index in [1.807, 2.05) is 6.26 Å². The summed E-state index contributed by atoms with van der Waals surface area (Å²) in [7, 11) is 0. The van der Waals surface area contributed by atoms with Crippen molar-refractivity contribution < 1.29 is 9.90 Å². The van der Waals surface area contributed by atoms with Crippen LogP contribution in [0.15, 0.2) is 5.16 Å². The van der Waals surface area contributed by atoms with Crippen molar-refractivity contribution in [2.45, 2.75) is 29.8 Å². The fourth-order valence-corrected chi connectivity index (χ4v) is 2.66. The number of carboxylic acids is 1. The molecule has 1 aliphatic carbocycles. The third-order valence-corrected chi connectivity index (χ3v) is 3.72. The van der Waals surface area contributed by atoms with Crippen LogP contribution < -0.4 is 0 Å². The van der Waals surface area contributed by atoms with Crippen LogP contribution in [0.2, 0.25) is 0 Å². The highest BCUT2D eigenvalue weighted by Gasteiger charge is 2.29. The molecule has 5 nitrogen and oxygen atoms in total. The highest BCUT2D eigenvalue weighted by molar-refractivity contribution is 7.99. The van der Waals surface area contributed by atoms with E-state index in [1.54, 1.807) is 11.8 Å². The Hall–Kier alpha value is -0.690. The first-order valence-corrected chi connectivity index (χ1v) is 7.37. The molecule has 1 aromatic heterocycles. The lowest BCUT2D eigenvalue weighted by atomic mass is 10.6. The average Bonchev–Trinajstić information content (AvgIpc) is 2.99. The topological polar surface area (TPSA) is 68.0 Å². The lowest BCUT2D eigenvalue weighted by Crippen LogP contribution is -2.04. The van der Waals surface area contributed by atoms with Gasteiger partial charge in [0, 0.05) is 6.04 Å². The van der Waals surface area contributed by atoms with Crippen molar-refractivity contribution in [2.24, 2.45) is 0 Å². The van der Waals surface area contributed by atoms with Crippen molar-refractivity contribution in [2.75, 3.05) is 12.0 Å². The van der Waals surface area contributed by atoms with Gasteiger partial charge in [0.25, 0.3) is 0 Å². The van der Waals surface area contributed by atoms with Gasteiger partial charge in [0.05, 0.1) is 11.5 Å². The minimum absolute atomic E-state index is 0.0458. The number of carbonyl (C=O) groups is 1. The maximum atomic E-state index is 10.5. The van der Waals surface area contributed by atoms with Gasteiger partial charge in [-0.1, -0.05) is 11.8 Å². The number of aliphatic carboxylic acids is 1. The highest BCUT2D eigenvalue weighted by Crippen LogP contribution is 2.39. The van der Waals surface area contributed by atoms with Crippen molar-refractivity contribution >= 4 is 29.5 Å². The number of hydrogen-bond donors (Lipinski definition) is 1. The van der Waals surface area contributed by atoms with Gasteiger partial charge < -0.3 is 9.67 Å². The fourth-order valence-electron chi connectivity index (χ4n) is 1.46. The van der Waals surface area contributed by atoms with Crippen LogP contribution in [0.4, 0.5) is 0 Å². The molecule has 0 bridgehead atoms. The Bertz CT molecular complexity index is 390. The smallest absolute Gasteiger partial charge is 0.313 e. The number of nitrogens with zero attached hydrogens (tertiary/aromatic N) is 3. The molecule has 1 N–H and O–H groups in total. The average molecular weight is 259 g/mol. The molecule has 0 unspecified atom stereocenters. The maximum absolute atomic E-state index is 10.5. The molecular weight excluding hydrogens is 246 g/mol. The summed E-state index contributed by atoms with van der Waals surface area (Å²) in [5, 5.41) is 17.6. The SMILES string of the molecule is CSCc1nnc(SCC(=O)O)n1C1CC1. The molecule has 0 spiro atoms. The molecule has 1 heterocycles. The highest BCUT2D eigenvalue weighted by atomic mass is 32.2. The zero-order valence-corrected chi connectivity index (χ0v) is 10.6. The Kier molecular flexibility index (Phi) is 3.75. The number of hydrogen-bond acceptors (Lipinski definition) is 5. The van der Waals surface area contributed by atoms with Gasteiger partial charge in [0.15, 0.2) is 5.16 Å². The van der Waals surface area contributed by atoms with Crippen LogP contribution in [-0.2, 0) is 10.5 Å². The quantitative estimate of drug-likeness (QED) is 0.784. The first-order valence-electron chi connectivity index (χ1n) is 4.99. The molecule has 1 aromatic rings. The molecule has 0 radical (unpaired) electrons. The summed E-state index contributed by atoms with van der Waals surface area (Å²) in [6.07, 6.45) is 4.33. The molecule has 1 fully saturated rings. The second-order valence-electron chi connectivity index (χ2n) is 3.62. The van der Waals surface area contributed by atoms with E-state index in [0.29, 0.717) is 6.04 Å². The molecule has 1 aliphatic rings. The Morgan fingerprint density at radius 1 is 1.56 bits per heavy atom. The van der Waals surface area contributed by atoms with Gasteiger partial charge >= 0.3 is 5.97 Å². The minimum Gasteiger partial charge on any atom is -0.481 e. The van der Waals surface area contributed by atoms with E-state index < -0.39 is 5.97 Å². The monoisotopic (exact) mass is 259 g/mol. The molecule has 7 heteroatoms. The first kappa shape index (κ1) is 11.8. The van der Waals surface area contributed by atoms with E-state index in [9.17, 15) is 4.79 Å². The summed E-state index contributed by atoms with van der Waals surface area (Å²) in [4.78, 5) is 10.5. The number of thioether (sulfide) groups is 2. The third-order valence-electron chi connectivity index (χ3n) is 2.25. The zero-order chi connectivity index (χ0) is 11.5. The summed E-state index contributed by atoms with van der Waals surface area (Å²) in [6, 6.07) is 0.494. The van der Waals surface area contributed by atoms with Crippen LogP contribution in [0.3, 0.4) is 0 Å². The van der Waals surface area contributed by atoms with Gasteiger partial charge in [0.1, 0.15) is 5.82 Å². The summed E-state index contributed by atoms with van der Waals surface area (Å²) in [6.45, 7) is 0. The molecule has 0 aliphatic heterocycles. The van der Waals surface area contributed by atoms with Crippen molar-refractivity contribution in [1.29, 1.82) is 0 Å². The predicted molar refractivity (Wildman–Crippen MR) is 63.9 cm³/mol. The molecule has 1 saturated carbocycles. The maximum Gasteiger partial charge on any atom is 0.313 e. The lowest BCUT2D eigenvalue weighted by molar-refractivity contribution is -0.133. The number of rotatable bonds is 6. The van der Waals surface area contributed by atoms with Crippen LogP contribution in [0, 0.1) is 0 Å². The fraction of sp³-hybridized carbons (Fsp3) is 0.667. The largest absolute Gasteiger partial charge is 0.481 e. The van der Waals surface area contributed by atoms with Crippen LogP contribution in [0.25, 0.3) is 0 Å². The molecule has 0 aromatic carbocycles. The van der Waals surface area contributed by atoms with Gasteiger partial charge in [-0.15, -0.1) is 10.2 Å². The van der Waals surface area contributed by atoms with Crippen molar-refractivity contribution in [3.05, 3.63) is 5.82 Å². The van der Waals surface area contributed by atoms with Crippen LogP contribution in [0.1, 0.15) is 24.7 Å². The van der Waals surface area contributed by atoms with E-state index in [4.69, 9.17) is 5.11 Å².